The highest BCUT2D eigenvalue weighted by Crippen LogP contribution is 2.36. The smallest absolute Gasteiger partial charge is 0.412 e. The van der Waals surface area contributed by atoms with Crippen LogP contribution in [0.1, 0.15) is 48.0 Å². The van der Waals surface area contributed by atoms with Crippen molar-refractivity contribution in [2.24, 2.45) is 5.41 Å². The highest BCUT2D eigenvalue weighted by molar-refractivity contribution is 5.92. The molecule has 1 aliphatic rings. The Bertz CT molecular complexity index is 490. The van der Waals surface area contributed by atoms with Crippen LogP contribution in [0.25, 0.3) is 0 Å². The van der Waals surface area contributed by atoms with Crippen molar-refractivity contribution in [2.45, 2.75) is 65.8 Å². The second-order valence-corrected chi connectivity index (χ2v) is 7.87. The summed E-state index contributed by atoms with van der Waals surface area (Å²) in [7, 11) is 2.89. The standard InChI is InChI=1S/C16H28N2O5/c1-15(2,3)13-17(7)12(20)10(9-11(19)22-8)18(13)14(21)23-16(4,5)6/h10,13H,9H2,1-8H3. The minimum Gasteiger partial charge on any atom is -0.469 e. The van der Waals surface area contributed by atoms with E-state index in [4.69, 9.17) is 4.74 Å². The fourth-order valence-corrected chi connectivity index (χ4v) is 2.80. The molecule has 1 fully saturated rings. The number of amides is 2. The van der Waals surface area contributed by atoms with E-state index in [1.165, 1.54) is 16.9 Å². The molecular formula is C16H28N2O5. The van der Waals surface area contributed by atoms with E-state index in [-0.39, 0.29) is 12.3 Å². The lowest BCUT2D eigenvalue weighted by Gasteiger charge is -2.39. The van der Waals surface area contributed by atoms with Crippen LogP contribution in [0.5, 0.6) is 0 Å². The average Bonchev–Trinajstić information content (AvgIpc) is 2.61. The first-order valence-corrected chi connectivity index (χ1v) is 7.64. The molecule has 0 spiro atoms. The van der Waals surface area contributed by atoms with Gasteiger partial charge in [-0.3, -0.25) is 14.5 Å². The number of ether oxygens (including phenoxy) is 2. The number of hydrogen-bond donors (Lipinski definition) is 0. The number of carbonyl (C=O) groups is 3. The molecule has 0 aromatic rings. The van der Waals surface area contributed by atoms with Gasteiger partial charge in [0, 0.05) is 12.5 Å². The van der Waals surface area contributed by atoms with Gasteiger partial charge in [0.1, 0.15) is 17.8 Å². The third kappa shape index (κ3) is 4.36. The van der Waals surface area contributed by atoms with Crippen LogP contribution in [0.2, 0.25) is 0 Å². The second kappa shape index (κ2) is 6.37. The van der Waals surface area contributed by atoms with Gasteiger partial charge in [0.15, 0.2) is 0 Å². The van der Waals surface area contributed by atoms with Gasteiger partial charge < -0.3 is 14.4 Å². The topological polar surface area (TPSA) is 76.2 Å². The van der Waals surface area contributed by atoms with E-state index in [0.717, 1.165) is 0 Å². The van der Waals surface area contributed by atoms with E-state index in [2.05, 4.69) is 4.74 Å². The zero-order valence-electron chi connectivity index (χ0n) is 15.3. The number of methoxy groups -OCH3 is 1. The van der Waals surface area contributed by atoms with Crippen LogP contribution in [0.4, 0.5) is 4.79 Å². The minimum atomic E-state index is -0.911. The largest absolute Gasteiger partial charge is 0.469 e. The SMILES string of the molecule is COC(=O)CC1C(=O)N(C)C(C(C)(C)C)N1C(=O)OC(C)(C)C. The van der Waals surface area contributed by atoms with E-state index < -0.39 is 35.3 Å². The van der Waals surface area contributed by atoms with Crippen LogP contribution in [0.15, 0.2) is 0 Å². The Kier molecular flexibility index (Phi) is 5.34. The van der Waals surface area contributed by atoms with Crippen LogP contribution in [0, 0.1) is 5.41 Å². The maximum absolute atomic E-state index is 12.7. The third-order valence-electron chi connectivity index (χ3n) is 3.57. The van der Waals surface area contributed by atoms with Crippen molar-refractivity contribution in [2.75, 3.05) is 14.2 Å². The second-order valence-electron chi connectivity index (χ2n) is 7.87. The summed E-state index contributed by atoms with van der Waals surface area (Å²) in [6, 6.07) is -0.911. The predicted octanol–water partition coefficient (Wildman–Crippen LogP) is 2.00. The van der Waals surface area contributed by atoms with Crippen molar-refractivity contribution in [1.29, 1.82) is 0 Å². The molecule has 23 heavy (non-hydrogen) atoms. The fourth-order valence-electron chi connectivity index (χ4n) is 2.80. The Morgan fingerprint density at radius 3 is 2.04 bits per heavy atom. The molecule has 2 amide bonds. The molecule has 7 heteroatoms. The summed E-state index contributed by atoms with van der Waals surface area (Å²) < 4.78 is 10.1. The van der Waals surface area contributed by atoms with E-state index in [1.807, 2.05) is 20.8 Å². The lowest BCUT2D eigenvalue weighted by molar-refractivity contribution is -0.144. The number of likely N-dealkylation sites (N-methyl/N-ethyl adjacent to an activating group) is 1. The number of hydrogen-bond acceptors (Lipinski definition) is 5. The molecule has 132 valence electrons. The molecule has 1 rings (SSSR count). The van der Waals surface area contributed by atoms with Crippen LogP contribution < -0.4 is 0 Å². The molecule has 1 heterocycles. The number of carbonyl (C=O) groups excluding carboxylic acids is 3. The normalized spacial score (nSPS) is 22.3. The van der Waals surface area contributed by atoms with E-state index >= 15 is 0 Å². The molecule has 2 unspecified atom stereocenters. The molecule has 0 aliphatic carbocycles. The van der Waals surface area contributed by atoms with Crippen molar-refractivity contribution in [3.63, 3.8) is 0 Å². The van der Waals surface area contributed by atoms with Crippen LogP contribution in [-0.4, -0.2) is 59.7 Å². The van der Waals surface area contributed by atoms with Crippen LogP contribution in [0.3, 0.4) is 0 Å². The quantitative estimate of drug-likeness (QED) is 0.725. The average molecular weight is 328 g/mol. The molecule has 1 saturated heterocycles. The van der Waals surface area contributed by atoms with Gasteiger partial charge >= 0.3 is 12.1 Å². The lowest BCUT2D eigenvalue weighted by Crippen LogP contribution is -2.52. The van der Waals surface area contributed by atoms with Gasteiger partial charge in [-0.1, -0.05) is 20.8 Å². The lowest BCUT2D eigenvalue weighted by atomic mass is 9.91. The molecule has 7 nitrogen and oxygen atoms in total. The van der Waals surface area contributed by atoms with Gasteiger partial charge in [-0.05, 0) is 20.8 Å². The van der Waals surface area contributed by atoms with E-state index in [0.29, 0.717) is 0 Å². The molecule has 0 radical (unpaired) electrons. The monoisotopic (exact) mass is 328 g/mol. The first kappa shape index (κ1) is 19.3. The van der Waals surface area contributed by atoms with Crippen LogP contribution >= 0.6 is 0 Å². The maximum atomic E-state index is 12.7. The van der Waals surface area contributed by atoms with E-state index in [1.54, 1.807) is 27.8 Å². The summed E-state index contributed by atoms with van der Waals surface area (Å²) in [6.45, 7) is 11.1. The molecular weight excluding hydrogens is 300 g/mol. The van der Waals surface area contributed by atoms with Crippen LogP contribution in [-0.2, 0) is 19.1 Å². The fraction of sp³-hybridized carbons (Fsp3) is 0.812. The molecule has 2 atom stereocenters. The first-order valence-electron chi connectivity index (χ1n) is 7.64. The van der Waals surface area contributed by atoms with Crippen molar-refractivity contribution in [3.8, 4) is 0 Å². The van der Waals surface area contributed by atoms with Crippen molar-refractivity contribution >= 4 is 18.0 Å². The maximum Gasteiger partial charge on any atom is 0.412 e. The Hall–Kier alpha value is -1.79. The third-order valence-corrected chi connectivity index (χ3v) is 3.57. The van der Waals surface area contributed by atoms with Crippen molar-refractivity contribution in [3.05, 3.63) is 0 Å². The van der Waals surface area contributed by atoms with Gasteiger partial charge in [0.05, 0.1) is 13.5 Å². The summed E-state index contributed by atoms with van der Waals surface area (Å²) in [6.07, 6.45) is -1.30. The first-order chi connectivity index (χ1) is 10.3. The number of esters is 1. The van der Waals surface area contributed by atoms with Gasteiger partial charge in [-0.15, -0.1) is 0 Å². The van der Waals surface area contributed by atoms with Crippen molar-refractivity contribution < 1.29 is 23.9 Å². The Balaban J connectivity index is 3.23. The molecule has 0 aromatic heterocycles. The summed E-state index contributed by atoms with van der Waals surface area (Å²) in [5.41, 5.74) is -1.09. The summed E-state index contributed by atoms with van der Waals surface area (Å²) >= 11 is 0. The summed E-state index contributed by atoms with van der Waals surface area (Å²) in [5.74, 6) is -0.832. The molecule has 1 aliphatic heterocycles. The molecule has 0 aromatic carbocycles. The minimum absolute atomic E-state index is 0.189. The predicted molar refractivity (Wildman–Crippen MR) is 84.5 cm³/mol. The highest BCUT2D eigenvalue weighted by Gasteiger charge is 2.53. The zero-order chi connectivity index (χ0) is 18.2. The van der Waals surface area contributed by atoms with Gasteiger partial charge in [0.2, 0.25) is 5.91 Å². The Morgan fingerprint density at radius 2 is 1.65 bits per heavy atom. The zero-order valence-corrected chi connectivity index (χ0v) is 15.3. The summed E-state index contributed by atoms with van der Waals surface area (Å²) in [4.78, 5) is 39.7. The number of rotatable bonds is 2. The van der Waals surface area contributed by atoms with Gasteiger partial charge in [-0.2, -0.15) is 0 Å². The Morgan fingerprint density at radius 1 is 1.13 bits per heavy atom. The Labute approximate surface area is 137 Å². The molecule has 0 N–H and O–H groups in total. The van der Waals surface area contributed by atoms with Gasteiger partial charge in [0.25, 0.3) is 0 Å². The van der Waals surface area contributed by atoms with Crippen molar-refractivity contribution in [1.82, 2.24) is 9.80 Å². The highest BCUT2D eigenvalue weighted by atomic mass is 16.6. The molecule has 0 saturated carbocycles. The van der Waals surface area contributed by atoms with Gasteiger partial charge in [-0.25, -0.2) is 4.79 Å². The summed E-state index contributed by atoms with van der Waals surface area (Å²) in [5, 5.41) is 0. The molecule has 0 bridgehead atoms. The number of nitrogens with zero attached hydrogens (tertiary/aromatic N) is 2. The van der Waals surface area contributed by atoms with E-state index in [9.17, 15) is 14.4 Å².